The summed E-state index contributed by atoms with van der Waals surface area (Å²) in [7, 11) is -2.08. The van der Waals surface area contributed by atoms with Crippen LogP contribution in [0.25, 0.3) is 0 Å². The number of nitrogens with one attached hydrogen (secondary N) is 1. The molecule has 0 radical (unpaired) electrons. The minimum Gasteiger partial charge on any atom is -0.465 e. The van der Waals surface area contributed by atoms with E-state index in [2.05, 4.69) is 66.0 Å². The third kappa shape index (κ3) is 8.31. The van der Waals surface area contributed by atoms with Gasteiger partial charge in [0.2, 0.25) is 0 Å². The minimum absolute atomic E-state index is 0.00440. The van der Waals surface area contributed by atoms with Gasteiger partial charge in [0.1, 0.15) is 0 Å². The molecule has 1 amide bonds. The maximum Gasteiger partial charge on any atom is 0.404 e. The number of benzene rings is 1. The second kappa shape index (κ2) is 9.07. The van der Waals surface area contributed by atoms with Crippen LogP contribution in [0.15, 0.2) is 42.5 Å². The van der Waals surface area contributed by atoms with E-state index in [9.17, 15) is 9.90 Å². The molecule has 0 aromatic heterocycles. The monoisotopic (exact) mass is 391 g/mol. The van der Waals surface area contributed by atoms with Gasteiger partial charge in [-0.15, -0.1) is 0 Å². The normalized spacial score (nSPS) is 15.6. The van der Waals surface area contributed by atoms with Gasteiger partial charge >= 0.3 is 6.09 Å². The molecule has 0 aliphatic carbocycles. The highest BCUT2D eigenvalue weighted by Crippen LogP contribution is 2.38. The van der Waals surface area contributed by atoms with E-state index >= 15 is 0 Å². The van der Waals surface area contributed by atoms with Gasteiger partial charge in [0.05, 0.1) is 12.1 Å². The Balaban J connectivity index is 3.23. The van der Waals surface area contributed by atoms with Crippen molar-refractivity contribution in [1.29, 1.82) is 0 Å². The van der Waals surface area contributed by atoms with Crippen LogP contribution in [0.3, 0.4) is 0 Å². The first-order chi connectivity index (χ1) is 12.2. The van der Waals surface area contributed by atoms with Crippen molar-refractivity contribution in [2.75, 3.05) is 0 Å². The molecule has 1 aromatic carbocycles. The molecular weight excluding hydrogens is 354 g/mol. The van der Waals surface area contributed by atoms with Gasteiger partial charge in [-0.2, -0.15) is 0 Å². The SMILES string of the molecule is CC(C)(C)C=C[C@H](O[Si](C)(C)C(C)(C)C)[C@H](Cc1ccccc1)NC(=O)O. The maximum absolute atomic E-state index is 11.5. The molecule has 0 heterocycles. The summed E-state index contributed by atoms with van der Waals surface area (Å²) < 4.78 is 6.66. The lowest BCUT2D eigenvalue weighted by Gasteiger charge is -2.41. The summed E-state index contributed by atoms with van der Waals surface area (Å²) >= 11 is 0. The number of rotatable bonds is 7. The van der Waals surface area contributed by atoms with Gasteiger partial charge in [-0.05, 0) is 35.5 Å². The molecule has 0 fully saturated rings. The quantitative estimate of drug-likeness (QED) is 0.452. The highest BCUT2D eigenvalue weighted by Gasteiger charge is 2.40. The summed E-state index contributed by atoms with van der Waals surface area (Å²) in [4.78, 5) is 11.5. The van der Waals surface area contributed by atoms with Crippen molar-refractivity contribution < 1.29 is 14.3 Å². The molecule has 0 spiro atoms. The third-order valence-corrected chi connectivity index (χ3v) is 9.50. The molecule has 1 rings (SSSR count). The van der Waals surface area contributed by atoms with Gasteiger partial charge in [0.15, 0.2) is 8.32 Å². The van der Waals surface area contributed by atoms with Crippen LogP contribution in [0.1, 0.15) is 47.1 Å². The molecular formula is C22H37NO3Si. The molecule has 0 aliphatic rings. The number of hydrogen-bond donors (Lipinski definition) is 2. The number of carbonyl (C=O) groups is 1. The van der Waals surface area contributed by atoms with Crippen molar-refractivity contribution in [3.63, 3.8) is 0 Å². The molecule has 5 heteroatoms. The summed E-state index contributed by atoms with van der Waals surface area (Å²) in [6, 6.07) is 9.61. The van der Waals surface area contributed by atoms with Crippen molar-refractivity contribution in [2.45, 2.75) is 78.2 Å². The molecule has 0 bridgehead atoms. The summed E-state index contributed by atoms with van der Waals surface area (Å²) in [5, 5.41) is 12.2. The predicted molar refractivity (Wildman–Crippen MR) is 116 cm³/mol. The Bertz CT molecular complexity index is 627. The van der Waals surface area contributed by atoms with Gasteiger partial charge in [-0.3, -0.25) is 0 Å². The van der Waals surface area contributed by atoms with Crippen LogP contribution in [-0.4, -0.2) is 31.7 Å². The fourth-order valence-corrected chi connectivity index (χ4v) is 3.71. The zero-order chi connectivity index (χ0) is 20.9. The zero-order valence-corrected chi connectivity index (χ0v) is 19.2. The Labute approximate surface area is 166 Å². The number of carboxylic acid groups (broad SMARTS) is 1. The second-order valence-electron chi connectivity index (χ2n) is 9.81. The van der Waals surface area contributed by atoms with Crippen LogP contribution in [0.2, 0.25) is 18.1 Å². The van der Waals surface area contributed by atoms with E-state index in [1.165, 1.54) is 0 Å². The van der Waals surface area contributed by atoms with E-state index in [4.69, 9.17) is 4.43 Å². The van der Waals surface area contributed by atoms with Gasteiger partial charge in [-0.1, -0.05) is 84.0 Å². The summed E-state index contributed by atoms with van der Waals surface area (Å²) in [6.45, 7) is 17.4. The van der Waals surface area contributed by atoms with E-state index in [1.807, 2.05) is 36.4 Å². The van der Waals surface area contributed by atoms with E-state index in [0.717, 1.165) is 5.56 Å². The second-order valence-corrected chi connectivity index (χ2v) is 14.6. The molecule has 4 nitrogen and oxygen atoms in total. The van der Waals surface area contributed by atoms with Crippen LogP contribution in [0.5, 0.6) is 0 Å². The molecule has 0 saturated carbocycles. The third-order valence-electron chi connectivity index (χ3n) is 5.03. The fraction of sp³-hybridized carbons (Fsp3) is 0.591. The molecule has 1 aromatic rings. The Morgan fingerprint density at radius 3 is 2.15 bits per heavy atom. The fourth-order valence-electron chi connectivity index (χ4n) is 2.43. The van der Waals surface area contributed by atoms with Crippen molar-refractivity contribution in [2.24, 2.45) is 5.41 Å². The Morgan fingerprint density at radius 2 is 1.70 bits per heavy atom. The van der Waals surface area contributed by atoms with Crippen molar-refractivity contribution in [3.8, 4) is 0 Å². The van der Waals surface area contributed by atoms with Gasteiger partial charge in [0, 0.05) is 0 Å². The Morgan fingerprint density at radius 1 is 1.15 bits per heavy atom. The molecule has 0 unspecified atom stereocenters. The van der Waals surface area contributed by atoms with Gasteiger partial charge in [0.25, 0.3) is 0 Å². The molecule has 2 N–H and O–H groups in total. The lowest BCUT2D eigenvalue weighted by Crippen LogP contribution is -2.51. The number of allylic oxidation sites excluding steroid dienone is 1. The molecule has 152 valence electrons. The van der Waals surface area contributed by atoms with Gasteiger partial charge in [-0.25, -0.2) is 4.79 Å². The lowest BCUT2D eigenvalue weighted by atomic mass is 9.93. The predicted octanol–water partition coefficient (Wildman–Crippen LogP) is 5.86. The first-order valence-electron chi connectivity index (χ1n) is 9.62. The van der Waals surface area contributed by atoms with Crippen LogP contribution >= 0.6 is 0 Å². The van der Waals surface area contributed by atoms with E-state index < -0.39 is 14.4 Å². The van der Waals surface area contributed by atoms with Crippen molar-refractivity contribution in [3.05, 3.63) is 48.0 Å². The highest BCUT2D eigenvalue weighted by atomic mass is 28.4. The average molecular weight is 392 g/mol. The topological polar surface area (TPSA) is 58.6 Å². The van der Waals surface area contributed by atoms with Crippen LogP contribution in [0, 0.1) is 5.41 Å². The molecule has 0 aliphatic heterocycles. The summed E-state index contributed by atoms with van der Waals surface area (Å²) in [5.74, 6) is 0. The van der Waals surface area contributed by atoms with Crippen LogP contribution in [-0.2, 0) is 10.8 Å². The smallest absolute Gasteiger partial charge is 0.404 e. The van der Waals surface area contributed by atoms with Crippen molar-refractivity contribution >= 4 is 14.4 Å². The highest BCUT2D eigenvalue weighted by molar-refractivity contribution is 6.74. The lowest BCUT2D eigenvalue weighted by molar-refractivity contribution is 0.154. The summed E-state index contributed by atoms with van der Waals surface area (Å²) in [5.41, 5.74) is 1.08. The maximum atomic E-state index is 11.5. The van der Waals surface area contributed by atoms with Crippen LogP contribution in [0.4, 0.5) is 4.79 Å². The Hall–Kier alpha value is -1.59. The average Bonchev–Trinajstić information content (AvgIpc) is 2.49. The van der Waals surface area contributed by atoms with E-state index in [1.54, 1.807) is 0 Å². The van der Waals surface area contributed by atoms with Crippen molar-refractivity contribution in [1.82, 2.24) is 5.32 Å². The molecule has 2 atom stereocenters. The molecule has 27 heavy (non-hydrogen) atoms. The summed E-state index contributed by atoms with van der Waals surface area (Å²) in [6.07, 6.45) is 3.41. The Kier molecular flexibility index (Phi) is 7.87. The van der Waals surface area contributed by atoms with Gasteiger partial charge < -0.3 is 14.8 Å². The first-order valence-corrected chi connectivity index (χ1v) is 12.5. The zero-order valence-electron chi connectivity index (χ0n) is 18.2. The minimum atomic E-state index is -2.08. The standard InChI is InChI=1S/C22H37NO3Si/c1-21(2,3)15-14-19(26-27(7,8)22(4,5)6)18(23-20(24)25)16-17-12-10-9-11-13-17/h9-15,18-19,23H,16H2,1-8H3,(H,24,25)/t18-,19-/m0/s1. The van der Waals surface area contributed by atoms with Crippen LogP contribution < -0.4 is 5.32 Å². The van der Waals surface area contributed by atoms with E-state index in [0.29, 0.717) is 6.42 Å². The first kappa shape index (κ1) is 23.4. The van der Waals surface area contributed by atoms with E-state index in [-0.39, 0.29) is 22.6 Å². The number of amides is 1. The number of hydrogen-bond acceptors (Lipinski definition) is 2. The largest absolute Gasteiger partial charge is 0.465 e. The molecule has 0 saturated heterocycles.